The normalized spacial score (nSPS) is 14.5. The van der Waals surface area contributed by atoms with Crippen molar-refractivity contribution in [3.05, 3.63) is 70.5 Å². The zero-order valence-corrected chi connectivity index (χ0v) is 17.7. The maximum atomic E-state index is 12.3. The fraction of sp³-hybridized carbons (Fsp3) is 0.261. The summed E-state index contributed by atoms with van der Waals surface area (Å²) < 4.78 is 0. The minimum absolute atomic E-state index is 0.121. The monoisotopic (exact) mass is 420 g/mol. The lowest BCUT2D eigenvalue weighted by Gasteiger charge is -2.33. The summed E-state index contributed by atoms with van der Waals surface area (Å²) in [4.78, 5) is 32.7. The molecule has 1 saturated heterocycles. The number of nitrogens with one attached hydrogen (secondary N) is 1. The van der Waals surface area contributed by atoms with Crippen LogP contribution in [-0.4, -0.2) is 52.8 Å². The van der Waals surface area contributed by atoms with Crippen molar-refractivity contribution < 1.29 is 9.59 Å². The van der Waals surface area contributed by atoms with Crippen molar-refractivity contribution in [3.8, 4) is 11.3 Å². The van der Waals surface area contributed by atoms with E-state index in [1.807, 2.05) is 47.4 Å². The quantitative estimate of drug-likeness (QED) is 0.683. The highest BCUT2D eigenvalue weighted by Crippen LogP contribution is 2.24. The van der Waals surface area contributed by atoms with Crippen LogP contribution < -0.4 is 5.32 Å². The minimum atomic E-state index is -0.121. The number of carbonyl (C=O) groups excluding carboxylic acids is 2. The van der Waals surface area contributed by atoms with Crippen molar-refractivity contribution in [1.82, 2.24) is 14.8 Å². The van der Waals surface area contributed by atoms with Crippen LogP contribution in [0, 0.1) is 0 Å². The number of hydrogen-bond acceptors (Lipinski definition) is 5. The van der Waals surface area contributed by atoms with Gasteiger partial charge in [0.15, 0.2) is 0 Å². The summed E-state index contributed by atoms with van der Waals surface area (Å²) in [5.74, 6) is 0.0266. The Morgan fingerprint density at radius 2 is 1.70 bits per heavy atom. The first-order chi connectivity index (χ1) is 14.6. The fourth-order valence-electron chi connectivity index (χ4n) is 3.45. The van der Waals surface area contributed by atoms with Gasteiger partial charge in [-0.2, -0.15) is 0 Å². The van der Waals surface area contributed by atoms with E-state index in [4.69, 9.17) is 4.98 Å². The van der Waals surface area contributed by atoms with Gasteiger partial charge in [-0.05, 0) is 24.3 Å². The molecule has 1 aliphatic heterocycles. The van der Waals surface area contributed by atoms with Gasteiger partial charge in [0.2, 0.25) is 5.91 Å². The zero-order chi connectivity index (χ0) is 20.9. The standard InChI is InChI=1S/C23H24N4O2S/c1-17(28)27-13-11-26(12-14-27)15-22-25-21(16-30-22)18-7-9-20(10-8-18)24-23(29)19-5-3-2-4-6-19/h2-10,16H,11-15H2,1H3,(H,24,29). The first-order valence-electron chi connectivity index (χ1n) is 9.97. The third-order valence-electron chi connectivity index (χ3n) is 5.20. The molecule has 0 spiro atoms. The van der Waals surface area contributed by atoms with Crippen LogP contribution in [0.25, 0.3) is 11.3 Å². The molecule has 0 aliphatic carbocycles. The van der Waals surface area contributed by atoms with Crippen LogP contribution in [0.1, 0.15) is 22.3 Å². The van der Waals surface area contributed by atoms with Crippen molar-refractivity contribution >= 4 is 28.8 Å². The lowest BCUT2D eigenvalue weighted by atomic mass is 10.1. The number of carbonyl (C=O) groups is 2. The van der Waals surface area contributed by atoms with Crippen LogP contribution in [-0.2, 0) is 11.3 Å². The maximum absolute atomic E-state index is 12.3. The third-order valence-corrected chi connectivity index (χ3v) is 6.04. The number of nitrogens with zero attached hydrogens (tertiary/aromatic N) is 3. The molecule has 2 aromatic carbocycles. The molecule has 0 saturated carbocycles. The van der Waals surface area contributed by atoms with Crippen LogP contribution in [0.15, 0.2) is 60.0 Å². The van der Waals surface area contributed by atoms with E-state index in [0.717, 1.165) is 54.7 Å². The van der Waals surface area contributed by atoms with E-state index in [1.54, 1.807) is 30.4 Å². The van der Waals surface area contributed by atoms with Gasteiger partial charge < -0.3 is 10.2 Å². The summed E-state index contributed by atoms with van der Waals surface area (Å²) in [6.45, 7) is 5.75. The zero-order valence-electron chi connectivity index (χ0n) is 16.9. The Labute approximate surface area is 180 Å². The minimum Gasteiger partial charge on any atom is -0.340 e. The molecule has 1 fully saturated rings. The van der Waals surface area contributed by atoms with Crippen molar-refractivity contribution in [2.45, 2.75) is 13.5 Å². The smallest absolute Gasteiger partial charge is 0.255 e. The summed E-state index contributed by atoms with van der Waals surface area (Å²) >= 11 is 1.65. The second-order valence-electron chi connectivity index (χ2n) is 7.31. The fourth-order valence-corrected chi connectivity index (χ4v) is 4.29. The van der Waals surface area contributed by atoms with Gasteiger partial charge in [-0.3, -0.25) is 14.5 Å². The SMILES string of the molecule is CC(=O)N1CCN(Cc2nc(-c3ccc(NC(=O)c4ccccc4)cc3)cs2)CC1. The number of piperazine rings is 1. The maximum Gasteiger partial charge on any atom is 0.255 e. The first kappa shape index (κ1) is 20.3. The molecule has 30 heavy (non-hydrogen) atoms. The Kier molecular flexibility index (Phi) is 6.21. The molecule has 7 heteroatoms. The van der Waals surface area contributed by atoms with Crippen LogP contribution >= 0.6 is 11.3 Å². The van der Waals surface area contributed by atoms with Crippen LogP contribution in [0.5, 0.6) is 0 Å². The van der Waals surface area contributed by atoms with Crippen LogP contribution in [0.4, 0.5) is 5.69 Å². The van der Waals surface area contributed by atoms with E-state index >= 15 is 0 Å². The Morgan fingerprint density at radius 1 is 1.00 bits per heavy atom. The van der Waals surface area contributed by atoms with E-state index in [2.05, 4.69) is 15.6 Å². The van der Waals surface area contributed by atoms with Crippen LogP contribution in [0.3, 0.4) is 0 Å². The van der Waals surface area contributed by atoms with Gasteiger partial charge in [-0.25, -0.2) is 4.98 Å². The summed E-state index contributed by atoms with van der Waals surface area (Å²) in [6.07, 6.45) is 0. The van der Waals surface area contributed by atoms with Crippen molar-refractivity contribution in [2.75, 3.05) is 31.5 Å². The second kappa shape index (κ2) is 9.19. The molecule has 1 aromatic heterocycles. The lowest BCUT2D eigenvalue weighted by Crippen LogP contribution is -2.47. The summed E-state index contributed by atoms with van der Waals surface area (Å²) in [7, 11) is 0. The number of rotatable bonds is 5. The Balaban J connectivity index is 1.34. The van der Waals surface area contributed by atoms with Crippen molar-refractivity contribution in [3.63, 3.8) is 0 Å². The molecule has 0 radical (unpaired) electrons. The lowest BCUT2D eigenvalue weighted by molar-refractivity contribution is -0.130. The van der Waals surface area contributed by atoms with Gasteiger partial charge in [0.25, 0.3) is 5.91 Å². The molecule has 0 unspecified atom stereocenters. The van der Waals surface area contributed by atoms with Gasteiger partial charge in [-0.1, -0.05) is 30.3 Å². The van der Waals surface area contributed by atoms with Gasteiger partial charge in [0.1, 0.15) is 5.01 Å². The van der Waals surface area contributed by atoms with E-state index in [1.165, 1.54) is 0 Å². The molecule has 2 heterocycles. The van der Waals surface area contributed by atoms with E-state index < -0.39 is 0 Å². The largest absolute Gasteiger partial charge is 0.340 e. The molecule has 4 rings (SSSR count). The number of thiazole rings is 1. The third kappa shape index (κ3) is 4.93. The highest BCUT2D eigenvalue weighted by Gasteiger charge is 2.19. The highest BCUT2D eigenvalue weighted by atomic mass is 32.1. The molecule has 154 valence electrons. The van der Waals surface area contributed by atoms with Gasteiger partial charge in [-0.15, -0.1) is 11.3 Å². The molecular weight excluding hydrogens is 396 g/mol. The molecule has 1 N–H and O–H groups in total. The van der Waals surface area contributed by atoms with Crippen molar-refractivity contribution in [2.24, 2.45) is 0 Å². The van der Waals surface area contributed by atoms with Gasteiger partial charge in [0.05, 0.1) is 12.2 Å². The molecule has 0 atom stereocenters. The number of hydrogen-bond donors (Lipinski definition) is 1. The second-order valence-corrected chi connectivity index (χ2v) is 8.25. The van der Waals surface area contributed by atoms with Crippen molar-refractivity contribution in [1.29, 1.82) is 0 Å². The first-order valence-corrected chi connectivity index (χ1v) is 10.9. The number of benzene rings is 2. The Hall–Kier alpha value is -3.03. The van der Waals surface area contributed by atoms with E-state index in [0.29, 0.717) is 5.56 Å². The Bertz CT molecular complexity index is 1010. The number of anilines is 1. The van der Waals surface area contributed by atoms with E-state index in [-0.39, 0.29) is 11.8 Å². The molecule has 6 nitrogen and oxygen atoms in total. The van der Waals surface area contributed by atoms with Crippen LogP contribution in [0.2, 0.25) is 0 Å². The summed E-state index contributed by atoms with van der Waals surface area (Å²) in [6, 6.07) is 16.9. The topological polar surface area (TPSA) is 65.5 Å². The van der Waals surface area contributed by atoms with Gasteiger partial charge >= 0.3 is 0 Å². The predicted octanol–water partition coefficient (Wildman–Crippen LogP) is 3.73. The predicted molar refractivity (Wildman–Crippen MR) is 119 cm³/mol. The van der Waals surface area contributed by atoms with E-state index in [9.17, 15) is 9.59 Å². The molecule has 0 bridgehead atoms. The summed E-state index contributed by atoms with van der Waals surface area (Å²) in [5, 5.41) is 6.06. The molecule has 1 aliphatic rings. The highest BCUT2D eigenvalue weighted by molar-refractivity contribution is 7.09. The summed E-state index contributed by atoms with van der Waals surface area (Å²) in [5.41, 5.74) is 3.36. The van der Waals surface area contributed by atoms with Gasteiger partial charge in [0, 0.05) is 55.3 Å². The number of amides is 2. The average Bonchev–Trinajstić information content (AvgIpc) is 3.23. The molecule has 2 amide bonds. The Morgan fingerprint density at radius 3 is 2.37 bits per heavy atom. The molecular formula is C23H24N4O2S. The molecule has 3 aromatic rings. The number of aromatic nitrogens is 1. The average molecular weight is 421 g/mol.